The number of hydrogen-bond donors (Lipinski definition) is 1. The Labute approximate surface area is 114 Å². The van der Waals surface area contributed by atoms with Crippen LogP contribution in [0.15, 0.2) is 16.0 Å². The lowest BCUT2D eigenvalue weighted by molar-refractivity contribution is -0.139. The monoisotopic (exact) mass is 284 g/mol. The van der Waals surface area contributed by atoms with Crippen molar-refractivity contribution in [2.24, 2.45) is 0 Å². The summed E-state index contributed by atoms with van der Waals surface area (Å²) in [5.74, 6) is 0.345. The molecule has 0 bridgehead atoms. The molecule has 1 fully saturated rings. The van der Waals surface area contributed by atoms with Crippen molar-refractivity contribution in [3.05, 3.63) is 22.1 Å². The number of thioether (sulfide) groups is 1. The van der Waals surface area contributed by atoms with Crippen molar-refractivity contribution in [2.75, 3.05) is 19.5 Å². The van der Waals surface area contributed by atoms with Gasteiger partial charge in [0.25, 0.3) is 5.56 Å². The van der Waals surface area contributed by atoms with Crippen LogP contribution in [0.3, 0.4) is 0 Å². The lowest BCUT2D eigenvalue weighted by atomic mass is 10.3. The summed E-state index contributed by atoms with van der Waals surface area (Å²) >= 11 is 1.44. The maximum Gasteiger partial charge on any atom is 0.311 e. The van der Waals surface area contributed by atoms with Crippen molar-refractivity contribution in [3.8, 4) is 0 Å². The average molecular weight is 284 g/mol. The van der Waals surface area contributed by atoms with Gasteiger partial charge in [0.05, 0.1) is 25.3 Å². The number of carbonyl (C=O) groups is 1. The molecule has 0 aromatic carbocycles. The SMILES string of the molecule is COC(=O)Cc1cc(=O)[nH]c(SC[C@@H]2CCCO2)n1. The summed E-state index contributed by atoms with van der Waals surface area (Å²) in [5.41, 5.74) is 0.161. The summed E-state index contributed by atoms with van der Waals surface area (Å²) in [6, 6.07) is 1.31. The minimum absolute atomic E-state index is 0.00785. The average Bonchev–Trinajstić information content (AvgIpc) is 2.88. The largest absolute Gasteiger partial charge is 0.469 e. The molecule has 0 unspecified atom stereocenters. The molecule has 2 rings (SSSR count). The first-order chi connectivity index (χ1) is 9.17. The lowest BCUT2D eigenvalue weighted by Crippen LogP contribution is -2.15. The highest BCUT2D eigenvalue weighted by molar-refractivity contribution is 7.99. The number of aromatic nitrogens is 2. The first-order valence-corrected chi connectivity index (χ1v) is 7.07. The molecule has 1 atom stereocenters. The predicted molar refractivity (Wildman–Crippen MR) is 70.3 cm³/mol. The van der Waals surface area contributed by atoms with Gasteiger partial charge in [-0.3, -0.25) is 9.59 Å². The minimum atomic E-state index is -0.409. The van der Waals surface area contributed by atoms with Crippen LogP contribution < -0.4 is 5.56 Å². The molecule has 1 aliphatic rings. The van der Waals surface area contributed by atoms with Gasteiger partial charge >= 0.3 is 5.97 Å². The number of rotatable bonds is 5. The van der Waals surface area contributed by atoms with Crippen LogP contribution in [0.4, 0.5) is 0 Å². The van der Waals surface area contributed by atoms with E-state index in [1.165, 1.54) is 24.9 Å². The fourth-order valence-corrected chi connectivity index (χ4v) is 2.77. The van der Waals surface area contributed by atoms with Crippen LogP contribution in [0.1, 0.15) is 18.5 Å². The van der Waals surface area contributed by atoms with E-state index in [0.29, 0.717) is 10.9 Å². The van der Waals surface area contributed by atoms with Crippen LogP contribution in [0, 0.1) is 0 Å². The highest BCUT2D eigenvalue weighted by atomic mass is 32.2. The first-order valence-electron chi connectivity index (χ1n) is 6.09. The summed E-state index contributed by atoms with van der Waals surface area (Å²) in [6.45, 7) is 0.803. The van der Waals surface area contributed by atoms with Crippen molar-refractivity contribution in [2.45, 2.75) is 30.5 Å². The van der Waals surface area contributed by atoms with Crippen molar-refractivity contribution in [1.82, 2.24) is 9.97 Å². The van der Waals surface area contributed by atoms with E-state index in [9.17, 15) is 9.59 Å². The van der Waals surface area contributed by atoms with Gasteiger partial charge in [0.15, 0.2) is 5.16 Å². The number of methoxy groups -OCH3 is 1. The normalized spacial score (nSPS) is 18.5. The third-order valence-electron chi connectivity index (χ3n) is 2.76. The van der Waals surface area contributed by atoms with Gasteiger partial charge in [-0.05, 0) is 12.8 Å². The number of aromatic amines is 1. The molecule has 0 aliphatic carbocycles. The molecule has 2 heterocycles. The van der Waals surface area contributed by atoms with E-state index in [0.717, 1.165) is 25.2 Å². The van der Waals surface area contributed by atoms with E-state index in [-0.39, 0.29) is 18.1 Å². The topological polar surface area (TPSA) is 81.3 Å². The number of nitrogens with zero attached hydrogens (tertiary/aromatic N) is 1. The van der Waals surface area contributed by atoms with Crippen molar-refractivity contribution in [1.29, 1.82) is 0 Å². The summed E-state index contributed by atoms with van der Waals surface area (Å²) in [4.78, 5) is 29.5. The zero-order chi connectivity index (χ0) is 13.7. The van der Waals surface area contributed by atoms with Gasteiger partial charge in [-0.25, -0.2) is 4.98 Å². The van der Waals surface area contributed by atoms with Crippen LogP contribution in [0.2, 0.25) is 0 Å². The molecule has 104 valence electrons. The Morgan fingerprint density at radius 3 is 3.21 bits per heavy atom. The molecule has 6 nitrogen and oxygen atoms in total. The zero-order valence-corrected chi connectivity index (χ0v) is 11.5. The van der Waals surface area contributed by atoms with E-state index in [4.69, 9.17) is 4.74 Å². The van der Waals surface area contributed by atoms with Gasteiger partial charge in [-0.15, -0.1) is 0 Å². The molecule has 1 aliphatic heterocycles. The maximum absolute atomic E-state index is 11.5. The molecule has 1 aromatic heterocycles. The quantitative estimate of drug-likeness (QED) is 0.488. The third kappa shape index (κ3) is 4.36. The van der Waals surface area contributed by atoms with E-state index in [2.05, 4.69) is 14.7 Å². The van der Waals surface area contributed by atoms with Crippen molar-refractivity contribution < 1.29 is 14.3 Å². The van der Waals surface area contributed by atoms with Crippen LogP contribution in [0.25, 0.3) is 0 Å². The van der Waals surface area contributed by atoms with E-state index >= 15 is 0 Å². The van der Waals surface area contributed by atoms with Crippen LogP contribution in [0.5, 0.6) is 0 Å². The fraction of sp³-hybridized carbons (Fsp3) is 0.583. The van der Waals surface area contributed by atoms with Crippen LogP contribution in [-0.4, -0.2) is 41.5 Å². The lowest BCUT2D eigenvalue weighted by Gasteiger charge is -2.08. The Morgan fingerprint density at radius 2 is 2.53 bits per heavy atom. The van der Waals surface area contributed by atoms with E-state index < -0.39 is 5.97 Å². The third-order valence-corrected chi connectivity index (χ3v) is 3.76. The maximum atomic E-state index is 11.5. The molecule has 7 heteroatoms. The zero-order valence-electron chi connectivity index (χ0n) is 10.7. The molecule has 0 spiro atoms. The number of nitrogens with one attached hydrogen (secondary N) is 1. The highest BCUT2D eigenvalue weighted by Gasteiger charge is 2.16. The molecule has 0 amide bonds. The number of esters is 1. The number of H-pyrrole nitrogens is 1. The van der Waals surface area contributed by atoms with Crippen molar-refractivity contribution in [3.63, 3.8) is 0 Å². The van der Waals surface area contributed by atoms with E-state index in [1.807, 2.05) is 0 Å². The van der Waals surface area contributed by atoms with Gasteiger partial charge in [-0.1, -0.05) is 11.8 Å². The first kappa shape index (κ1) is 14.1. The van der Waals surface area contributed by atoms with E-state index in [1.54, 1.807) is 0 Å². The molecular formula is C12H16N2O4S. The Kier molecular flexibility index (Phi) is 4.98. The standard InChI is InChI=1S/C12H16N2O4S/c1-17-11(16)6-8-5-10(15)14-12(13-8)19-7-9-3-2-4-18-9/h5,9H,2-4,6-7H2,1H3,(H,13,14,15)/t9-/m0/s1. The summed E-state index contributed by atoms with van der Waals surface area (Å²) < 4.78 is 10.1. The number of ether oxygens (including phenoxy) is 2. The van der Waals surface area contributed by atoms with Gasteiger partial charge in [0.2, 0.25) is 0 Å². The Balaban J connectivity index is 1.99. The number of hydrogen-bond acceptors (Lipinski definition) is 6. The predicted octanol–water partition coefficient (Wildman–Crippen LogP) is 0.756. The second kappa shape index (κ2) is 6.72. The van der Waals surface area contributed by atoms with Gasteiger partial charge < -0.3 is 14.5 Å². The second-order valence-corrected chi connectivity index (χ2v) is 5.25. The second-order valence-electron chi connectivity index (χ2n) is 4.24. The molecule has 0 saturated carbocycles. The minimum Gasteiger partial charge on any atom is -0.469 e. The fourth-order valence-electron chi connectivity index (χ4n) is 1.81. The number of carbonyl (C=O) groups excluding carboxylic acids is 1. The smallest absolute Gasteiger partial charge is 0.311 e. The van der Waals surface area contributed by atoms with Gasteiger partial charge in [-0.2, -0.15) is 0 Å². The molecule has 1 aromatic rings. The Bertz CT molecular complexity index is 497. The summed E-state index contributed by atoms with van der Waals surface area (Å²) in [7, 11) is 1.31. The molecule has 0 radical (unpaired) electrons. The summed E-state index contributed by atoms with van der Waals surface area (Å²) in [6.07, 6.45) is 2.35. The van der Waals surface area contributed by atoms with Crippen LogP contribution >= 0.6 is 11.8 Å². The van der Waals surface area contributed by atoms with Crippen molar-refractivity contribution >= 4 is 17.7 Å². The Hall–Kier alpha value is -1.34. The molecule has 1 saturated heterocycles. The van der Waals surface area contributed by atoms with Gasteiger partial charge in [0.1, 0.15) is 0 Å². The molecule has 1 N–H and O–H groups in total. The summed E-state index contributed by atoms with van der Waals surface area (Å²) in [5, 5.41) is 0.516. The van der Waals surface area contributed by atoms with Gasteiger partial charge in [0, 0.05) is 18.4 Å². The Morgan fingerprint density at radius 1 is 1.68 bits per heavy atom. The molecule has 19 heavy (non-hydrogen) atoms. The molecular weight excluding hydrogens is 268 g/mol. The van der Waals surface area contributed by atoms with Crippen LogP contribution in [-0.2, 0) is 20.7 Å². The highest BCUT2D eigenvalue weighted by Crippen LogP contribution is 2.20.